The molecule has 1 aliphatic heterocycles. The van der Waals surface area contributed by atoms with Crippen LogP contribution in [-0.4, -0.2) is 12.0 Å². The van der Waals surface area contributed by atoms with Gasteiger partial charge in [0.2, 0.25) is 0 Å². The summed E-state index contributed by atoms with van der Waals surface area (Å²) in [5.74, 6) is 0.109. The summed E-state index contributed by atoms with van der Waals surface area (Å²) in [5, 5.41) is 0. The van der Waals surface area contributed by atoms with E-state index in [0.717, 1.165) is 14.6 Å². The molecule has 0 bridgehead atoms. The van der Waals surface area contributed by atoms with Crippen molar-refractivity contribution in [1.82, 2.24) is 0 Å². The zero-order valence-electron chi connectivity index (χ0n) is 6.55. The van der Waals surface area contributed by atoms with Crippen molar-refractivity contribution in [1.29, 1.82) is 0 Å². The van der Waals surface area contributed by atoms with Gasteiger partial charge in [-0.25, -0.2) is 0 Å². The quantitative estimate of drug-likeness (QED) is 0.721. The van der Waals surface area contributed by atoms with Crippen LogP contribution in [-0.2, 0) is 0 Å². The van der Waals surface area contributed by atoms with Gasteiger partial charge in [0.05, 0.1) is 11.3 Å². The maximum atomic E-state index is 11.5. The number of halogens is 2. The van der Waals surface area contributed by atoms with Gasteiger partial charge in [-0.2, -0.15) is 0 Å². The third kappa shape index (κ3) is 1.48. The van der Waals surface area contributed by atoms with Crippen LogP contribution >= 0.6 is 31.9 Å². The number of carbonyl (C=O) groups excluding carboxylic acids is 1. The number of rotatable bonds is 0. The molecular weight excluding hydrogens is 298 g/mol. The van der Waals surface area contributed by atoms with Gasteiger partial charge in [-0.3, -0.25) is 9.79 Å². The second-order valence-electron chi connectivity index (χ2n) is 2.69. The Balaban J connectivity index is 2.76. The first-order valence-corrected chi connectivity index (χ1v) is 5.32. The molecule has 1 aliphatic rings. The van der Waals surface area contributed by atoms with E-state index in [2.05, 4.69) is 36.9 Å². The molecular formula is C9H5Br2NO. The van der Waals surface area contributed by atoms with Gasteiger partial charge >= 0.3 is 0 Å². The normalized spacial score (nSPS) is 14.5. The maximum absolute atomic E-state index is 11.5. The molecule has 0 saturated carbocycles. The van der Waals surface area contributed by atoms with E-state index in [0.29, 0.717) is 12.0 Å². The fourth-order valence-corrected chi connectivity index (χ4v) is 2.23. The molecule has 13 heavy (non-hydrogen) atoms. The van der Waals surface area contributed by atoms with Gasteiger partial charge in [-0.1, -0.05) is 0 Å². The number of hydrogen-bond donors (Lipinski definition) is 0. The molecule has 2 nitrogen and oxygen atoms in total. The fraction of sp³-hybridized carbons (Fsp3) is 0.111. The first-order valence-electron chi connectivity index (χ1n) is 3.74. The van der Waals surface area contributed by atoms with Gasteiger partial charge in [-0.05, 0) is 44.0 Å². The SMILES string of the molecule is O=C1CC=Nc2c(Br)ccc(Br)c21. The van der Waals surface area contributed by atoms with Crippen LogP contribution in [0.25, 0.3) is 0 Å². The largest absolute Gasteiger partial charge is 0.294 e. The predicted molar refractivity (Wildman–Crippen MR) is 58.9 cm³/mol. The second kappa shape index (κ2) is 3.35. The van der Waals surface area contributed by atoms with Crippen LogP contribution in [0.4, 0.5) is 5.69 Å². The molecule has 1 aromatic rings. The lowest BCUT2D eigenvalue weighted by Crippen LogP contribution is -2.05. The summed E-state index contributed by atoms with van der Waals surface area (Å²) in [6, 6.07) is 3.72. The van der Waals surface area contributed by atoms with E-state index in [4.69, 9.17) is 0 Å². The van der Waals surface area contributed by atoms with Crippen molar-refractivity contribution in [2.24, 2.45) is 4.99 Å². The number of hydrogen-bond acceptors (Lipinski definition) is 2. The lowest BCUT2D eigenvalue weighted by atomic mass is 10.0. The molecule has 2 rings (SSSR count). The van der Waals surface area contributed by atoms with Crippen LogP contribution in [0, 0.1) is 0 Å². The maximum Gasteiger partial charge on any atom is 0.171 e. The van der Waals surface area contributed by atoms with Crippen LogP contribution in [0.3, 0.4) is 0 Å². The van der Waals surface area contributed by atoms with Gasteiger partial charge in [0.15, 0.2) is 5.78 Å². The number of aliphatic imine (C=N–C) groups is 1. The summed E-state index contributed by atoms with van der Waals surface area (Å²) in [6.07, 6.45) is 2.03. The molecule has 0 fully saturated rings. The molecule has 0 spiro atoms. The molecule has 0 unspecified atom stereocenters. The number of carbonyl (C=O) groups is 1. The van der Waals surface area contributed by atoms with Crippen molar-refractivity contribution in [3.05, 3.63) is 26.6 Å². The molecule has 0 N–H and O–H groups in total. The second-order valence-corrected chi connectivity index (χ2v) is 4.40. The van der Waals surface area contributed by atoms with E-state index in [1.54, 1.807) is 6.21 Å². The molecule has 4 heteroatoms. The highest BCUT2D eigenvalue weighted by Gasteiger charge is 2.19. The molecule has 0 atom stereocenters. The van der Waals surface area contributed by atoms with Gasteiger partial charge < -0.3 is 0 Å². The minimum atomic E-state index is 0.109. The van der Waals surface area contributed by atoms with E-state index in [1.165, 1.54) is 0 Å². The first kappa shape index (κ1) is 9.09. The molecule has 1 heterocycles. The van der Waals surface area contributed by atoms with Crippen molar-refractivity contribution in [2.75, 3.05) is 0 Å². The van der Waals surface area contributed by atoms with E-state index in [1.807, 2.05) is 12.1 Å². The predicted octanol–water partition coefficient (Wildman–Crippen LogP) is 3.50. The average molecular weight is 303 g/mol. The van der Waals surface area contributed by atoms with E-state index < -0.39 is 0 Å². The van der Waals surface area contributed by atoms with Crippen molar-refractivity contribution in [3.8, 4) is 0 Å². The number of ketones is 1. The highest BCUT2D eigenvalue weighted by atomic mass is 79.9. The summed E-state index contributed by atoms with van der Waals surface area (Å²) in [7, 11) is 0. The molecule has 0 saturated heterocycles. The molecule has 0 radical (unpaired) electrons. The Morgan fingerprint density at radius 1 is 1.23 bits per heavy atom. The monoisotopic (exact) mass is 301 g/mol. The Morgan fingerprint density at radius 3 is 2.62 bits per heavy atom. The third-order valence-electron chi connectivity index (χ3n) is 1.85. The average Bonchev–Trinajstić information content (AvgIpc) is 2.12. The van der Waals surface area contributed by atoms with E-state index in [-0.39, 0.29) is 5.78 Å². The zero-order valence-corrected chi connectivity index (χ0v) is 9.72. The van der Waals surface area contributed by atoms with Crippen molar-refractivity contribution >= 4 is 49.5 Å². The number of benzene rings is 1. The standard InChI is InChI=1S/C9H5Br2NO/c10-5-1-2-6(11)9-8(5)7(13)3-4-12-9/h1-2,4H,3H2. The lowest BCUT2D eigenvalue weighted by Gasteiger charge is -2.11. The Hall–Kier alpha value is -0.480. The summed E-state index contributed by atoms with van der Waals surface area (Å²) in [6.45, 7) is 0. The molecule has 66 valence electrons. The van der Waals surface area contributed by atoms with Crippen LogP contribution in [0.15, 0.2) is 26.1 Å². The van der Waals surface area contributed by atoms with Crippen LogP contribution in [0.1, 0.15) is 16.8 Å². The Labute approximate surface area is 92.3 Å². The highest BCUT2D eigenvalue weighted by Crippen LogP contribution is 2.36. The van der Waals surface area contributed by atoms with Gasteiger partial charge in [-0.15, -0.1) is 0 Å². The van der Waals surface area contributed by atoms with Crippen molar-refractivity contribution in [2.45, 2.75) is 6.42 Å². The molecule has 0 aromatic heterocycles. The summed E-state index contributed by atoms with van der Waals surface area (Å²) >= 11 is 6.70. The van der Waals surface area contributed by atoms with Crippen LogP contribution in [0.2, 0.25) is 0 Å². The Bertz CT molecular complexity index is 412. The summed E-state index contributed by atoms with van der Waals surface area (Å²) < 4.78 is 1.67. The van der Waals surface area contributed by atoms with Gasteiger partial charge in [0.1, 0.15) is 0 Å². The number of nitrogens with zero attached hydrogens (tertiary/aromatic N) is 1. The van der Waals surface area contributed by atoms with Crippen molar-refractivity contribution < 1.29 is 4.79 Å². The third-order valence-corrected chi connectivity index (χ3v) is 3.15. The minimum absolute atomic E-state index is 0.109. The molecule has 0 amide bonds. The van der Waals surface area contributed by atoms with Gasteiger partial charge in [0.25, 0.3) is 0 Å². The molecule has 1 aromatic carbocycles. The number of Topliss-reactive ketones (excluding diaryl/α,β-unsaturated/α-hetero) is 1. The minimum Gasteiger partial charge on any atom is -0.294 e. The highest BCUT2D eigenvalue weighted by molar-refractivity contribution is 9.11. The summed E-state index contributed by atoms with van der Waals surface area (Å²) in [5.41, 5.74) is 1.41. The topological polar surface area (TPSA) is 29.4 Å². The van der Waals surface area contributed by atoms with Gasteiger partial charge in [0, 0.05) is 21.6 Å². The van der Waals surface area contributed by atoms with Crippen LogP contribution in [0.5, 0.6) is 0 Å². The van der Waals surface area contributed by atoms with E-state index in [9.17, 15) is 4.79 Å². The van der Waals surface area contributed by atoms with Crippen LogP contribution < -0.4 is 0 Å². The smallest absolute Gasteiger partial charge is 0.171 e. The lowest BCUT2D eigenvalue weighted by molar-refractivity contribution is 0.1000. The summed E-state index contributed by atoms with van der Waals surface area (Å²) in [4.78, 5) is 15.7. The Kier molecular flexibility index (Phi) is 2.34. The van der Waals surface area contributed by atoms with E-state index >= 15 is 0 Å². The number of fused-ring (bicyclic) bond motifs is 1. The molecule has 0 aliphatic carbocycles. The zero-order chi connectivity index (χ0) is 9.42. The fourth-order valence-electron chi connectivity index (χ4n) is 1.25. The Morgan fingerprint density at radius 2 is 1.92 bits per heavy atom. The van der Waals surface area contributed by atoms with Crippen molar-refractivity contribution in [3.63, 3.8) is 0 Å². The first-order chi connectivity index (χ1) is 6.20.